The Morgan fingerprint density at radius 3 is 2.75 bits per heavy atom. The monoisotopic (exact) mass is 279 g/mol. The Balaban J connectivity index is 1.91. The molecule has 1 aliphatic rings. The van der Waals surface area contributed by atoms with Crippen molar-refractivity contribution in [3.63, 3.8) is 0 Å². The summed E-state index contributed by atoms with van der Waals surface area (Å²) in [7, 11) is 0. The maximum atomic E-state index is 13.1. The molecule has 0 bridgehead atoms. The van der Waals surface area contributed by atoms with Gasteiger partial charge in [-0.25, -0.2) is 4.39 Å². The summed E-state index contributed by atoms with van der Waals surface area (Å²) >= 11 is 0. The molecule has 0 aliphatic heterocycles. The zero-order valence-corrected chi connectivity index (χ0v) is 12.0. The predicted molar refractivity (Wildman–Crippen MR) is 78.9 cm³/mol. The highest BCUT2D eigenvalue weighted by Crippen LogP contribution is 2.27. The van der Waals surface area contributed by atoms with Crippen LogP contribution in [0.3, 0.4) is 0 Å². The Bertz CT molecular complexity index is 486. The average molecular weight is 279 g/mol. The van der Waals surface area contributed by atoms with Crippen LogP contribution in [0.25, 0.3) is 0 Å². The number of nitrogens with one attached hydrogen (secondary N) is 1. The van der Waals surface area contributed by atoms with Gasteiger partial charge in [0.15, 0.2) is 0 Å². The maximum Gasteiger partial charge on any atom is 0.238 e. The quantitative estimate of drug-likeness (QED) is 0.786. The van der Waals surface area contributed by atoms with Crippen molar-refractivity contribution in [2.24, 2.45) is 5.92 Å². The van der Waals surface area contributed by atoms with E-state index >= 15 is 0 Å². The molecular formula is C15H22FN3O. The maximum absolute atomic E-state index is 13.1. The Labute approximate surface area is 119 Å². The molecule has 5 heteroatoms. The lowest BCUT2D eigenvalue weighted by Gasteiger charge is -2.23. The van der Waals surface area contributed by atoms with Crippen molar-refractivity contribution in [1.82, 2.24) is 4.90 Å². The van der Waals surface area contributed by atoms with Gasteiger partial charge in [0.1, 0.15) is 5.82 Å². The summed E-state index contributed by atoms with van der Waals surface area (Å²) in [5.74, 6) is -0.0177. The number of nitrogens with zero attached hydrogens (tertiary/aromatic N) is 1. The smallest absolute Gasteiger partial charge is 0.238 e. The van der Waals surface area contributed by atoms with Crippen LogP contribution in [0.2, 0.25) is 0 Å². The fourth-order valence-electron chi connectivity index (χ4n) is 2.26. The molecule has 1 amide bonds. The number of nitrogens with two attached hydrogens (primary N) is 1. The average Bonchev–Trinajstić information content (AvgIpc) is 3.16. The number of carbonyl (C=O) groups is 1. The van der Waals surface area contributed by atoms with Gasteiger partial charge in [-0.3, -0.25) is 9.69 Å². The summed E-state index contributed by atoms with van der Waals surface area (Å²) in [6.07, 6.45) is 2.34. The number of anilines is 2. The molecule has 0 spiro atoms. The van der Waals surface area contributed by atoms with E-state index in [0.29, 0.717) is 24.2 Å². The first kappa shape index (κ1) is 14.8. The van der Waals surface area contributed by atoms with Crippen LogP contribution in [0.1, 0.15) is 26.7 Å². The summed E-state index contributed by atoms with van der Waals surface area (Å²) in [5.41, 5.74) is 6.07. The van der Waals surface area contributed by atoms with Gasteiger partial charge in [-0.2, -0.15) is 0 Å². The SMILES string of the molecule is CC(C)CN(CC(=O)Nc1ccc(F)c(N)c1)C1CC1. The van der Waals surface area contributed by atoms with Crippen LogP contribution in [-0.4, -0.2) is 29.9 Å². The molecule has 0 atom stereocenters. The molecule has 110 valence electrons. The molecule has 1 saturated carbocycles. The van der Waals surface area contributed by atoms with Crippen molar-refractivity contribution in [3.05, 3.63) is 24.0 Å². The Morgan fingerprint density at radius 1 is 1.50 bits per heavy atom. The van der Waals surface area contributed by atoms with E-state index in [1.165, 1.54) is 31.0 Å². The van der Waals surface area contributed by atoms with Crippen LogP contribution in [0, 0.1) is 11.7 Å². The third-order valence-electron chi connectivity index (χ3n) is 3.29. The van der Waals surface area contributed by atoms with E-state index in [2.05, 4.69) is 24.1 Å². The summed E-state index contributed by atoms with van der Waals surface area (Å²) in [6.45, 7) is 5.59. The fraction of sp³-hybridized carbons (Fsp3) is 0.533. The van der Waals surface area contributed by atoms with E-state index in [4.69, 9.17) is 5.73 Å². The van der Waals surface area contributed by atoms with Gasteiger partial charge < -0.3 is 11.1 Å². The molecular weight excluding hydrogens is 257 g/mol. The lowest BCUT2D eigenvalue weighted by Crippen LogP contribution is -2.37. The largest absolute Gasteiger partial charge is 0.396 e. The number of hydrogen-bond donors (Lipinski definition) is 2. The number of benzene rings is 1. The zero-order chi connectivity index (χ0) is 14.7. The number of carbonyl (C=O) groups excluding carboxylic acids is 1. The van der Waals surface area contributed by atoms with Crippen molar-refractivity contribution in [3.8, 4) is 0 Å². The molecule has 3 N–H and O–H groups in total. The summed E-state index contributed by atoms with van der Waals surface area (Å²) in [5, 5.41) is 2.77. The van der Waals surface area contributed by atoms with E-state index in [-0.39, 0.29) is 11.6 Å². The number of hydrogen-bond acceptors (Lipinski definition) is 3. The van der Waals surface area contributed by atoms with Gasteiger partial charge in [-0.15, -0.1) is 0 Å². The topological polar surface area (TPSA) is 58.4 Å². The third kappa shape index (κ3) is 4.20. The van der Waals surface area contributed by atoms with Gasteiger partial charge in [-0.05, 0) is 37.0 Å². The molecule has 0 heterocycles. The second-order valence-electron chi connectivity index (χ2n) is 5.84. The van der Waals surface area contributed by atoms with Crippen molar-refractivity contribution in [2.45, 2.75) is 32.7 Å². The lowest BCUT2D eigenvalue weighted by atomic mass is 10.2. The highest BCUT2D eigenvalue weighted by atomic mass is 19.1. The number of rotatable bonds is 6. The minimum absolute atomic E-state index is 0.0454. The van der Waals surface area contributed by atoms with Crippen molar-refractivity contribution < 1.29 is 9.18 Å². The second-order valence-corrected chi connectivity index (χ2v) is 5.84. The minimum atomic E-state index is -0.470. The second kappa shape index (κ2) is 6.22. The van der Waals surface area contributed by atoms with Gasteiger partial charge >= 0.3 is 0 Å². The van der Waals surface area contributed by atoms with E-state index < -0.39 is 5.82 Å². The molecule has 0 saturated heterocycles. The van der Waals surface area contributed by atoms with Crippen molar-refractivity contribution in [2.75, 3.05) is 24.1 Å². The molecule has 0 aromatic heterocycles. The van der Waals surface area contributed by atoms with Gasteiger partial charge in [0, 0.05) is 18.3 Å². The van der Waals surface area contributed by atoms with Gasteiger partial charge in [0.2, 0.25) is 5.91 Å². The molecule has 0 radical (unpaired) electrons. The summed E-state index contributed by atoms with van der Waals surface area (Å²) in [6, 6.07) is 4.77. The molecule has 1 aromatic rings. The van der Waals surface area contributed by atoms with Crippen molar-refractivity contribution in [1.29, 1.82) is 0 Å². The van der Waals surface area contributed by atoms with Crippen LogP contribution in [-0.2, 0) is 4.79 Å². The van der Waals surface area contributed by atoms with Crippen molar-refractivity contribution >= 4 is 17.3 Å². The molecule has 1 aromatic carbocycles. The number of nitrogen functional groups attached to an aromatic ring is 1. The Hall–Kier alpha value is -1.62. The van der Waals surface area contributed by atoms with E-state index in [0.717, 1.165) is 6.54 Å². The summed E-state index contributed by atoms with van der Waals surface area (Å²) in [4.78, 5) is 14.3. The van der Waals surface area contributed by atoms with Gasteiger partial charge in [0.05, 0.1) is 12.2 Å². The zero-order valence-electron chi connectivity index (χ0n) is 12.0. The first-order valence-electron chi connectivity index (χ1n) is 7.04. The van der Waals surface area contributed by atoms with E-state index in [9.17, 15) is 9.18 Å². The molecule has 1 fully saturated rings. The van der Waals surface area contributed by atoms with E-state index in [1.54, 1.807) is 0 Å². The Morgan fingerprint density at radius 2 is 2.20 bits per heavy atom. The van der Waals surface area contributed by atoms with Crippen LogP contribution in [0.4, 0.5) is 15.8 Å². The van der Waals surface area contributed by atoms with Gasteiger partial charge in [-0.1, -0.05) is 13.8 Å². The first-order valence-corrected chi connectivity index (χ1v) is 7.04. The van der Waals surface area contributed by atoms with Gasteiger partial charge in [0.25, 0.3) is 0 Å². The Kier molecular flexibility index (Phi) is 4.60. The van der Waals surface area contributed by atoms with Crippen LogP contribution < -0.4 is 11.1 Å². The van der Waals surface area contributed by atoms with Crippen LogP contribution >= 0.6 is 0 Å². The molecule has 20 heavy (non-hydrogen) atoms. The standard InChI is InChI=1S/C15H22FN3O/c1-10(2)8-19(12-4-5-12)9-15(20)18-11-3-6-13(16)14(17)7-11/h3,6-7,10,12H,4-5,8-9,17H2,1-2H3,(H,18,20). The first-order chi connectivity index (χ1) is 9.45. The van der Waals surface area contributed by atoms with Crippen LogP contribution in [0.15, 0.2) is 18.2 Å². The molecule has 0 unspecified atom stereocenters. The number of halogens is 1. The highest BCUT2D eigenvalue weighted by molar-refractivity contribution is 5.92. The molecule has 4 nitrogen and oxygen atoms in total. The van der Waals surface area contributed by atoms with E-state index in [1.807, 2.05) is 0 Å². The highest BCUT2D eigenvalue weighted by Gasteiger charge is 2.30. The molecule has 1 aliphatic carbocycles. The molecule has 2 rings (SSSR count). The lowest BCUT2D eigenvalue weighted by molar-refractivity contribution is -0.117. The summed E-state index contributed by atoms with van der Waals surface area (Å²) < 4.78 is 13.1. The van der Waals surface area contributed by atoms with Crippen LogP contribution in [0.5, 0.6) is 0 Å². The fourth-order valence-corrected chi connectivity index (χ4v) is 2.26. The predicted octanol–water partition coefficient (Wildman–Crippen LogP) is 2.47. The minimum Gasteiger partial charge on any atom is -0.396 e. The normalized spacial score (nSPS) is 14.8. The number of amides is 1. The third-order valence-corrected chi connectivity index (χ3v) is 3.29.